The summed E-state index contributed by atoms with van der Waals surface area (Å²) in [6, 6.07) is 11.2. The molecule has 0 bridgehead atoms. The van der Waals surface area contributed by atoms with Crippen molar-refractivity contribution >= 4 is 29.4 Å². The number of non-ortho nitro benzene ring substituents is 1. The van der Waals surface area contributed by atoms with Gasteiger partial charge in [-0.1, -0.05) is 42.5 Å². The maximum Gasteiger partial charge on any atom is 0.326 e. The standard InChI is InChI=1S/C24H27N3O8/c1-3-35-21(29)14-19(17-9-11-18(12-10-17)27(33)34)22(24(31)32)26-23(30)20(25-15(2)28)13-16-7-5-4-6-8-16/h4-12,19-20,22H,3,13-14H2,1-2H3,(H,25,28)(H,26,30)(H,31,32)/t19-,20-,22+/m1/s1. The van der Waals surface area contributed by atoms with Crippen LogP contribution in [0, 0.1) is 10.1 Å². The third-order valence-electron chi connectivity index (χ3n) is 5.17. The van der Waals surface area contributed by atoms with Crippen LogP contribution in [0.15, 0.2) is 54.6 Å². The number of carboxylic acids is 1. The Morgan fingerprint density at radius 2 is 1.66 bits per heavy atom. The molecule has 0 aliphatic carbocycles. The zero-order valence-electron chi connectivity index (χ0n) is 19.3. The molecule has 0 unspecified atom stereocenters. The van der Waals surface area contributed by atoms with Crippen LogP contribution < -0.4 is 10.6 Å². The molecule has 0 heterocycles. The van der Waals surface area contributed by atoms with Gasteiger partial charge in [-0.25, -0.2) is 4.79 Å². The lowest BCUT2D eigenvalue weighted by molar-refractivity contribution is -0.384. The number of hydrogen-bond donors (Lipinski definition) is 3. The molecule has 0 saturated heterocycles. The Kier molecular flexibility index (Phi) is 9.88. The quantitative estimate of drug-likeness (QED) is 0.233. The molecule has 0 aromatic heterocycles. The molecule has 0 radical (unpaired) electrons. The number of nitro groups is 1. The van der Waals surface area contributed by atoms with Crippen LogP contribution in [0.5, 0.6) is 0 Å². The molecule has 0 saturated carbocycles. The molecule has 3 atom stereocenters. The number of carboxylic acid groups (broad SMARTS) is 1. The van der Waals surface area contributed by atoms with Crippen molar-refractivity contribution in [1.29, 1.82) is 0 Å². The molecule has 11 nitrogen and oxygen atoms in total. The predicted octanol–water partition coefficient (Wildman–Crippen LogP) is 1.95. The van der Waals surface area contributed by atoms with Crippen molar-refractivity contribution in [3.8, 4) is 0 Å². The summed E-state index contributed by atoms with van der Waals surface area (Å²) < 4.78 is 4.96. The lowest BCUT2D eigenvalue weighted by Gasteiger charge is -2.27. The molecule has 2 amide bonds. The molecule has 0 spiro atoms. The van der Waals surface area contributed by atoms with E-state index in [0.29, 0.717) is 0 Å². The van der Waals surface area contributed by atoms with Crippen molar-refractivity contribution in [2.45, 2.75) is 44.7 Å². The van der Waals surface area contributed by atoms with E-state index < -0.39 is 53.1 Å². The number of rotatable bonds is 12. The van der Waals surface area contributed by atoms with Crippen LogP contribution in [0.25, 0.3) is 0 Å². The minimum atomic E-state index is -1.58. The van der Waals surface area contributed by atoms with E-state index in [9.17, 15) is 34.4 Å². The van der Waals surface area contributed by atoms with E-state index in [0.717, 1.165) is 5.56 Å². The first-order valence-electron chi connectivity index (χ1n) is 10.9. The van der Waals surface area contributed by atoms with Gasteiger partial charge >= 0.3 is 11.9 Å². The molecule has 2 aromatic carbocycles. The number of amides is 2. The van der Waals surface area contributed by atoms with Crippen LogP contribution in [0.3, 0.4) is 0 Å². The van der Waals surface area contributed by atoms with E-state index in [1.54, 1.807) is 37.3 Å². The summed E-state index contributed by atoms with van der Waals surface area (Å²) in [6.07, 6.45) is -0.287. The molecule has 2 rings (SSSR count). The third kappa shape index (κ3) is 8.22. The van der Waals surface area contributed by atoms with Crippen molar-refractivity contribution in [2.75, 3.05) is 6.61 Å². The van der Waals surface area contributed by atoms with Gasteiger partial charge in [0.1, 0.15) is 12.1 Å². The lowest BCUT2D eigenvalue weighted by atomic mass is 9.88. The topological polar surface area (TPSA) is 165 Å². The first-order chi connectivity index (χ1) is 16.6. The van der Waals surface area contributed by atoms with Crippen molar-refractivity contribution in [2.24, 2.45) is 0 Å². The van der Waals surface area contributed by atoms with Gasteiger partial charge in [0.15, 0.2) is 0 Å². The molecule has 186 valence electrons. The smallest absolute Gasteiger partial charge is 0.326 e. The summed E-state index contributed by atoms with van der Waals surface area (Å²) in [4.78, 5) is 59.6. The van der Waals surface area contributed by atoms with Crippen LogP contribution in [-0.4, -0.2) is 52.5 Å². The molecular weight excluding hydrogens is 458 g/mol. The average Bonchev–Trinajstić information content (AvgIpc) is 2.81. The Bertz CT molecular complexity index is 1060. The third-order valence-corrected chi connectivity index (χ3v) is 5.17. The Balaban J connectivity index is 2.36. The van der Waals surface area contributed by atoms with E-state index in [4.69, 9.17) is 4.74 Å². The molecule has 35 heavy (non-hydrogen) atoms. The van der Waals surface area contributed by atoms with Crippen LogP contribution in [0.4, 0.5) is 5.69 Å². The average molecular weight is 485 g/mol. The number of esters is 1. The maximum atomic E-state index is 13.1. The number of nitro benzene ring substituents is 1. The summed E-state index contributed by atoms with van der Waals surface area (Å²) in [6.45, 7) is 2.90. The minimum Gasteiger partial charge on any atom is -0.480 e. The second-order valence-corrected chi connectivity index (χ2v) is 7.73. The minimum absolute atomic E-state index is 0.0671. The van der Waals surface area contributed by atoms with Gasteiger partial charge in [0.05, 0.1) is 18.0 Å². The number of nitrogens with zero attached hydrogens (tertiary/aromatic N) is 1. The predicted molar refractivity (Wildman–Crippen MR) is 124 cm³/mol. The second kappa shape index (κ2) is 12.8. The summed E-state index contributed by atoms with van der Waals surface area (Å²) in [5.41, 5.74) is 0.815. The second-order valence-electron chi connectivity index (χ2n) is 7.73. The lowest BCUT2D eigenvalue weighted by Crippen LogP contribution is -2.54. The number of carbonyl (C=O) groups excluding carboxylic acids is 3. The fourth-order valence-electron chi connectivity index (χ4n) is 3.56. The van der Waals surface area contributed by atoms with Crippen molar-refractivity contribution in [1.82, 2.24) is 10.6 Å². The summed E-state index contributed by atoms with van der Waals surface area (Å²) in [7, 11) is 0. The Labute approximate surface area is 201 Å². The largest absolute Gasteiger partial charge is 0.480 e. The SMILES string of the molecule is CCOC(=O)C[C@H](c1ccc([N+](=O)[O-])cc1)[C@H](NC(=O)[C@@H](Cc1ccccc1)NC(C)=O)C(=O)O. The highest BCUT2D eigenvalue weighted by Crippen LogP contribution is 2.27. The Morgan fingerprint density at radius 3 is 2.17 bits per heavy atom. The molecule has 0 aliphatic rings. The zero-order valence-corrected chi connectivity index (χ0v) is 19.3. The number of benzene rings is 2. The molecule has 3 N–H and O–H groups in total. The van der Waals surface area contributed by atoms with E-state index in [2.05, 4.69) is 10.6 Å². The molecule has 2 aromatic rings. The van der Waals surface area contributed by atoms with Crippen LogP contribution in [-0.2, 0) is 30.3 Å². The molecule has 11 heteroatoms. The van der Waals surface area contributed by atoms with Crippen molar-refractivity contribution in [3.63, 3.8) is 0 Å². The van der Waals surface area contributed by atoms with Crippen LogP contribution in [0.1, 0.15) is 37.3 Å². The van der Waals surface area contributed by atoms with E-state index >= 15 is 0 Å². The summed E-state index contributed by atoms with van der Waals surface area (Å²) in [5, 5.41) is 25.9. The number of aliphatic carboxylic acids is 1. The number of carbonyl (C=O) groups is 4. The van der Waals surface area contributed by atoms with Gasteiger partial charge in [-0.15, -0.1) is 0 Å². The van der Waals surface area contributed by atoms with Crippen LogP contribution in [0.2, 0.25) is 0 Å². The van der Waals surface area contributed by atoms with Crippen molar-refractivity contribution < 1.29 is 33.9 Å². The van der Waals surface area contributed by atoms with E-state index in [1.807, 2.05) is 0 Å². The molecular formula is C24H27N3O8. The maximum absolute atomic E-state index is 13.1. The fraction of sp³-hybridized carbons (Fsp3) is 0.333. The van der Waals surface area contributed by atoms with Gasteiger partial charge in [-0.2, -0.15) is 0 Å². The zero-order chi connectivity index (χ0) is 26.0. The van der Waals surface area contributed by atoms with Gasteiger partial charge in [-0.05, 0) is 18.1 Å². The molecule has 0 fully saturated rings. The summed E-state index contributed by atoms with van der Waals surface area (Å²) >= 11 is 0. The van der Waals surface area contributed by atoms with Crippen molar-refractivity contribution in [3.05, 3.63) is 75.8 Å². The fourth-order valence-corrected chi connectivity index (χ4v) is 3.56. The highest BCUT2D eigenvalue weighted by atomic mass is 16.6. The molecule has 0 aliphatic heterocycles. The first kappa shape index (κ1) is 27.0. The van der Waals surface area contributed by atoms with Gasteiger partial charge in [0.2, 0.25) is 11.8 Å². The number of hydrogen-bond acceptors (Lipinski definition) is 7. The highest BCUT2D eigenvalue weighted by Gasteiger charge is 2.35. The van der Waals surface area contributed by atoms with Crippen LogP contribution >= 0.6 is 0 Å². The highest BCUT2D eigenvalue weighted by molar-refractivity contribution is 5.91. The first-order valence-corrected chi connectivity index (χ1v) is 10.9. The van der Waals surface area contributed by atoms with E-state index in [1.165, 1.54) is 31.2 Å². The normalized spacial score (nSPS) is 13.1. The van der Waals surface area contributed by atoms with Gasteiger partial charge in [0, 0.05) is 31.4 Å². The van der Waals surface area contributed by atoms with Gasteiger partial charge < -0.3 is 20.5 Å². The number of ether oxygens (including phenoxy) is 1. The van der Waals surface area contributed by atoms with Gasteiger partial charge in [0.25, 0.3) is 5.69 Å². The van der Waals surface area contributed by atoms with Gasteiger partial charge in [-0.3, -0.25) is 24.5 Å². The number of nitrogens with one attached hydrogen (secondary N) is 2. The monoisotopic (exact) mass is 485 g/mol. The Hall–Kier alpha value is -4.28. The summed E-state index contributed by atoms with van der Waals surface area (Å²) in [5.74, 6) is -4.45. The Morgan fingerprint density at radius 1 is 1.03 bits per heavy atom. The van der Waals surface area contributed by atoms with E-state index in [-0.39, 0.29) is 24.3 Å².